The van der Waals surface area contributed by atoms with Gasteiger partial charge in [0.25, 0.3) is 11.1 Å². The Bertz CT molecular complexity index is 1180. The third kappa shape index (κ3) is 4.16. The third-order valence-electron chi connectivity index (χ3n) is 5.51. The number of amides is 2. The second-order valence-electron chi connectivity index (χ2n) is 7.32. The molecule has 0 bridgehead atoms. The van der Waals surface area contributed by atoms with Crippen molar-refractivity contribution in [3.63, 3.8) is 0 Å². The molecule has 1 aliphatic rings. The molecule has 0 atom stereocenters. The Morgan fingerprint density at radius 3 is 2.48 bits per heavy atom. The molecule has 158 valence electrons. The number of nitrogens with zero attached hydrogens (tertiary/aromatic N) is 2. The molecule has 3 aromatic carbocycles. The minimum absolute atomic E-state index is 0.0882. The van der Waals surface area contributed by atoms with Crippen LogP contribution in [0.3, 0.4) is 0 Å². The summed E-state index contributed by atoms with van der Waals surface area (Å²) in [5.74, 6) is -0.250. The van der Waals surface area contributed by atoms with Crippen molar-refractivity contribution >= 4 is 45.4 Å². The molecule has 1 N–H and O–H groups in total. The van der Waals surface area contributed by atoms with Crippen molar-refractivity contribution in [1.29, 1.82) is 0 Å². The van der Waals surface area contributed by atoms with Gasteiger partial charge in [-0.3, -0.25) is 14.5 Å². The molecule has 4 rings (SSSR count). The molecule has 0 saturated carbocycles. The molecule has 0 radical (unpaired) electrons. The second kappa shape index (κ2) is 8.86. The molecule has 2 amide bonds. The van der Waals surface area contributed by atoms with Crippen LogP contribution in [0.15, 0.2) is 65.6 Å². The molecular formula is C25H24N2O3S. The Hall–Kier alpha value is -3.25. The highest BCUT2D eigenvalue weighted by Gasteiger charge is 2.35. The number of imide groups is 1. The van der Waals surface area contributed by atoms with E-state index in [0.717, 1.165) is 46.9 Å². The number of rotatable bonds is 6. The lowest BCUT2D eigenvalue weighted by Crippen LogP contribution is -2.27. The molecule has 6 heteroatoms. The van der Waals surface area contributed by atoms with Crippen LogP contribution in [0.2, 0.25) is 0 Å². The number of hydrogen-bond acceptors (Lipinski definition) is 5. The predicted octanol–water partition coefficient (Wildman–Crippen LogP) is 5.63. The summed E-state index contributed by atoms with van der Waals surface area (Å²) in [6, 6.07) is 19.2. The van der Waals surface area contributed by atoms with E-state index in [1.54, 1.807) is 18.2 Å². The van der Waals surface area contributed by atoms with Gasteiger partial charge in [-0.05, 0) is 60.2 Å². The lowest BCUT2D eigenvalue weighted by Gasteiger charge is -2.21. The summed E-state index contributed by atoms with van der Waals surface area (Å²) >= 11 is 0.906. The fourth-order valence-corrected chi connectivity index (χ4v) is 4.65. The van der Waals surface area contributed by atoms with Gasteiger partial charge in [0.2, 0.25) is 0 Å². The number of carbonyl (C=O) groups is 2. The van der Waals surface area contributed by atoms with Crippen molar-refractivity contribution < 1.29 is 14.7 Å². The van der Waals surface area contributed by atoms with E-state index in [1.807, 2.05) is 48.5 Å². The maximum atomic E-state index is 13.0. The van der Waals surface area contributed by atoms with E-state index >= 15 is 0 Å². The number of fused-ring (bicyclic) bond motifs is 1. The van der Waals surface area contributed by atoms with Crippen molar-refractivity contribution in [1.82, 2.24) is 4.90 Å². The highest BCUT2D eigenvalue weighted by molar-refractivity contribution is 8.18. The van der Waals surface area contributed by atoms with E-state index < -0.39 is 0 Å². The topological polar surface area (TPSA) is 60.9 Å². The number of anilines is 1. The van der Waals surface area contributed by atoms with Gasteiger partial charge in [-0.15, -0.1) is 0 Å². The normalized spacial score (nSPS) is 15.3. The number of phenolic OH excluding ortho intramolecular Hbond substituents is 1. The van der Waals surface area contributed by atoms with Gasteiger partial charge < -0.3 is 10.0 Å². The van der Waals surface area contributed by atoms with E-state index in [-0.39, 0.29) is 23.4 Å². The average Bonchev–Trinajstić information content (AvgIpc) is 3.04. The largest absolute Gasteiger partial charge is 0.507 e. The summed E-state index contributed by atoms with van der Waals surface area (Å²) in [5.41, 5.74) is 2.36. The average molecular weight is 433 g/mol. The van der Waals surface area contributed by atoms with Gasteiger partial charge in [-0.2, -0.15) is 0 Å². The van der Waals surface area contributed by atoms with E-state index in [1.165, 1.54) is 4.90 Å². The van der Waals surface area contributed by atoms with Crippen molar-refractivity contribution in [2.75, 3.05) is 18.0 Å². The molecule has 1 saturated heterocycles. The van der Waals surface area contributed by atoms with Gasteiger partial charge in [0.05, 0.1) is 11.4 Å². The summed E-state index contributed by atoms with van der Waals surface area (Å²) in [6.07, 6.45) is 1.59. The van der Waals surface area contributed by atoms with Gasteiger partial charge in [0, 0.05) is 30.4 Å². The number of thioether (sulfide) groups is 1. The Labute approximate surface area is 186 Å². The molecule has 0 unspecified atom stereocenters. The summed E-state index contributed by atoms with van der Waals surface area (Å²) < 4.78 is 0. The van der Waals surface area contributed by atoms with Crippen LogP contribution in [0.4, 0.5) is 10.5 Å². The van der Waals surface area contributed by atoms with Crippen molar-refractivity contribution in [2.24, 2.45) is 0 Å². The fourth-order valence-electron chi connectivity index (χ4n) is 3.82. The first-order valence-electron chi connectivity index (χ1n) is 10.3. The highest BCUT2D eigenvalue weighted by Crippen LogP contribution is 2.36. The van der Waals surface area contributed by atoms with Crippen molar-refractivity contribution in [2.45, 2.75) is 20.4 Å². The molecule has 31 heavy (non-hydrogen) atoms. The van der Waals surface area contributed by atoms with Gasteiger partial charge in [0.15, 0.2) is 0 Å². The zero-order chi connectivity index (χ0) is 22.0. The number of benzene rings is 3. The van der Waals surface area contributed by atoms with Crippen LogP contribution < -0.4 is 4.90 Å². The minimum Gasteiger partial charge on any atom is -0.507 e. The molecule has 5 nitrogen and oxygen atoms in total. The molecular weight excluding hydrogens is 408 g/mol. The number of hydrogen-bond donors (Lipinski definition) is 1. The van der Waals surface area contributed by atoms with Gasteiger partial charge in [0.1, 0.15) is 5.75 Å². The maximum Gasteiger partial charge on any atom is 0.293 e. The van der Waals surface area contributed by atoms with Crippen molar-refractivity contribution in [3.8, 4) is 5.75 Å². The molecule has 1 fully saturated rings. The summed E-state index contributed by atoms with van der Waals surface area (Å²) in [4.78, 5) is 29.3. The quantitative estimate of drug-likeness (QED) is 0.512. The van der Waals surface area contributed by atoms with E-state index in [9.17, 15) is 14.7 Å². The lowest BCUT2D eigenvalue weighted by atomic mass is 10.0. The van der Waals surface area contributed by atoms with Crippen LogP contribution in [0, 0.1) is 0 Å². The Balaban J connectivity index is 1.59. The Morgan fingerprint density at radius 2 is 1.74 bits per heavy atom. The molecule has 1 heterocycles. The Kier molecular flexibility index (Phi) is 6.00. The summed E-state index contributed by atoms with van der Waals surface area (Å²) in [5, 5.41) is 12.3. The number of aromatic hydroxyl groups is 1. The van der Waals surface area contributed by atoms with Crippen LogP contribution >= 0.6 is 11.8 Å². The lowest BCUT2D eigenvalue weighted by molar-refractivity contribution is -0.123. The van der Waals surface area contributed by atoms with Crippen LogP contribution in [0.1, 0.15) is 25.0 Å². The third-order valence-corrected chi connectivity index (χ3v) is 6.42. The number of carbonyl (C=O) groups excluding carboxylic acids is 2. The molecule has 0 aromatic heterocycles. The first kappa shape index (κ1) is 21.0. The van der Waals surface area contributed by atoms with E-state index in [0.29, 0.717) is 10.5 Å². The number of phenols is 1. The SMILES string of the molecule is CCN(CC)c1ccc(/C=C2\SC(=O)N(Cc3cccc4ccccc34)C2=O)c(O)c1. The molecule has 0 aliphatic carbocycles. The van der Waals surface area contributed by atoms with Crippen LogP contribution in [0.25, 0.3) is 16.8 Å². The standard InChI is InChI=1S/C25H24N2O3S/c1-3-26(4-2)20-13-12-18(22(28)15-20)14-23-24(29)27(25(30)31-23)16-19-10-7-9-17-8-5-6-11-21(17)19/h5-15,28H,3-4,16H2,1-2H3/b23-14-. The van der Waals surface area contributed by atoms with Gasteiger partial charge >= 0.3 is 0 Å². The second-order valence-corrected chi connectivity index (χ2v) is 8.31. The van der Waals surface area contributed by atoms with Crippen molar-refractivity contribution in [3.05, 3.63) is 76.7 Å². The monoisotopic (exact) mass is 432 g/mol. The van der Waals surface area contributed by atoms with E-state index in [2.05, 4.69) is 18.7 Å². The zero-order valence-corrected chi connectivity index (χ0v) is 18.4. The highest BCUT2D eigenvalue weighted by atomic mass is 32.2. The summed E-state index contributed by atoms with van der Waals surface area (Å²) in [7, 11) is 0. The van der Waals surface area contributed by atoms with Crippen LogP contribution in [0.5, 0.6) is 5.75 Å². The minimum atomic E-state index is -0.338. The first-order valence-corrected chi connectivity index (χ1v) is 11.1. The van der Waals surface area contributed by atoms with Crippen LogP contribution in [-0.4, -0.2) is 34.2 Å². The molecule has 0 spiro atoms. The molecule has 1 aliphatic heterocycles. The van der Waals surface area contributed by atoms with E-state index in [4.69, 9.17) is 0 Å². The van der Waals surface area contributed by atoms with Crippen LogP contribution in [-0.2, 0) is 11.3 Å². The Morgan fingerprint density at radius 1 is 1.00 bits per heavy atom. The zero-order valence-electron chi connectivity index (χ0n) is 17.5. The summed E-state index contributed by atoms with van der Waals surface area (Å²) in [6.45, 7) is 6.00. The predicted molar refractivity (Wildman–Crippen MR) is 127 cm³/mol. The fraction of sp³-hybridized carbons (Fsp3) is 0.200. The molecule has 3 aromatic rings. The van der Waals surface area contributed by atoms with Gasteiger partial charge in [-0.25, -0.2) is 0 Å². The smallest absolute Gasteiger partial charge is 0.293 e. The first-order chi connectivity index (χ1) is 15.0. The maximum absolute atomic E-state index is 13.0. The van der Waals surface area contributed by atoms with Gasteiger partial charge in [-0.1, -0.05) is 42.5 Å².